The molecule has 2 aliphatic rings. The van der Waals surface area contributed by atoms with Gasteiger partial charge in [-0.3, -0.25) is 4.79 Å². The van der Waals surface area contributed by atoms with Crippen LogP contribution < -0.4 is 0 Å². The number of amides is 1. The Bertz CT molecular complexity index is 668. The lowest BCUT2D eigenvalue weighted by atomic mass is 10.1. The molecule has 7 nitrogen and oxygen atoms in total. The number of carbonyl (C=O) groups excluding carboxylic acids is 1. The Morgan fingerprint density at radius 3 is 3.05 bits per heavy atom. The molecule has 4 rings (SSSR count). The first-order valence-electron chi connectivity index (χ1n) is 6.12. The third-order valence-electron chi connectivity index (χ3n) is 3.69. The maximum Gasteiger partial charge on any atom is 0.256 e. The fourth-order valence-electron chi connectivity index (χ4n) is 2.85. The van der Waals surface area contributed by atoms with Crippen molar-refractivity contribution in [3.8, 4) is 5.69 Å². The summed E-state index contributed by atoms with van der Waals surface area (Å²) in [5, 5.41) is 21.5. The van der Waals surface area contributed by atoms with Crippen LogP contribution in [0.15, 0.2) is 24.3 Å². The maximum absolute atomic E-state index is 12.6. The van der Waals surface area contributed by atoms with Crippen molar-refractivity contribution in [1.82, 2.24) is 25.1 Å². The van der Waals surface area contributed by atoms with Gasteiger partial charge in [0.05, 0.1) is 23.4 Å². The second kappa shape index (κ2) is 3.61. The molecule has 2 atom stereocenters. The monoisotopic (exact) mass is 257 g/mol. The van der Waals surface area contributed by atoms with Crippen LogP contribution in [0.1, 0.15) is 28.6 Å². The first kappa shape index (κ1) is 10.6. The molecule has 1 fully saturated rings. The Morgan fingerprint density at radius 1 is 1.32 bits per heavy atom. The van der Waals surface area contributed by atoms with Crippen molar-refractivity contribution in [2.24, 2.45) is 0 Å². The van der Waals surface area contributed by atoms with E-state index in [2.05, 4.69) is 15.5 Å². The molecule has 0 spiro atoms. The van der Waals surface area contributed by atoms with Gasteiger partial charge in [0.25, 0.3) is 5.91 Å². The van der Waals surface area contributed by atoms with Crippen molar-refractivity contribution in [1.29, 1.82) is 0 Å². The summed E-state index contributed by atoms with van der Waals surface area (Å²) >= 11 is 0. The molecule has 2 aromatic rings. The molecule has 0 unspecified atom stereocenters. The van der Waals surface area contributed by atoms with Crippen molar-refractivity contribution >= 4 is 5.91 Å². The first-order valence-corrected chi connectivity index (χ1v) is 6.12. The zero-order valence-electron chi connectivity index (χ0n) is 9.97. The molecule has 2 aliphatic heterocycles. The van der Waals surface area contributed by atoms with E-state index < -0.39 is 6.10 Å². The number of aliphatic hydroxyl groups is 1. The minimum Gasteiger partial charge on any atom is -0.391 e. The number of hydrogen-bond acceptors (Lipinski definition) is 5. The minimum absolute atomic E-state index is 0.0931. The van der Waals surface area contributed by atoms with Crippen molar-refractivity contribution < 1.29 is 9.90 Å². The summed E-state index contributed by atoms with van der Waals surface area (Å²) in [5.41, 5.74) is 1.25. The van der Waals surface area contributed by atoms with Crippen LogP contribution in [-0.4, -0.2) is 48.8 Å². The van der Waals surface area contributed by atoms with Crippen LogP contribution in [0.2, 0.25) is 0 Å². The van der Waals surface area contributed by atoms with Gasteiger partial charge in [0.1, 0.15) is 0 Å². The highest BCUT2D eigenvalue weighted by molar-refractivity contribution is 5.98. The van der Waals surface area contributed by atoms with Gasteiger partial charge in [-0.2, -0.15) is 4.68 Å². The summed E-state index contributed by atoms with van der Waals surface area (Å²) < 4.78 is 1.59. The highest BCUT2D eigenvalue weighted by Crippen LogP contribution is 2.36. The molecule has 1 saturated heterocycles. The van der Waals surface area contributed by atoms with Crippen molar-refractivity contribution in [3.05, 3.63) is 35.7 Å². The van der Waals surface area contributed by atoms with Gasteiger partial charge in [-0.15, -0.1) is 5.10 Å². The van der Waals surface area contributed by atoms with E-state index in [9.17, 15) is 9.90 Å². The Balaban J connectivity index is 1.99. The molecule has 0 bridgehead atoms. The molecule has 1 amide bonds. The Kier molecular flexibility index (Phi) is 2.02. The van der Waals surface area contributed by atoms with Gasteiger partial charge < -0.3 is 10.0 Å². The highest BCUT2D eigenvalue weighted by Gasteiger charge is 2.42. The smallest absolute Gasteiger partial charge is 0.256 e. The lowest BCUT2D eigenvalue weighted by Gasteiger charge is -2.20. The van der Waals surface area contributed by atoms with E-state index in [4.69, 9.17) is 0 Å². The number of carbonyl (C=O) groups is 1. The van der Waals surface area contributed by atoms with Gasteiger partial charge in [0.15, 0.2) is 5.82 Å². The lowest BCUT2D eigenvalue weighted by Crippen LogP contribution is -2.31. The number of para-hydroxylation sites is 1. The van der Waals surface area contributed by atoms with Gasteiger partial charge in [0.2, 0.25) is 0 Å². The van der Waals surface area contributed by atoms with Crippen molar-refractivity contribution in [2.75, 3.05) is 6.54 Å². The molecule has 3 heterocycles. The summed E-state index contributed by atoms with van der Waals surface area (Å²) in [5.74, 6) is 0.513. The number of hydrogen-bond donors (Lipinski definition) is 1. The van der Waals surface area contributed by atoms with Crippen LogP contribution >= 0.6 is 0 Å². The van der Waals surface area contributed by atoms with Crippen LogP contribution in [0.4, 0.5) is 0 Å². The first-order chi connectivity index (χ1) is 9.25. The summed E-state index contributed by atoms with van der Waals surface area (Å²) in [6, 6.07) is 6.99. The van der Waals surface area contributed by atoms with Crippen molar-refractivity contribution in [3.63, 3.8) is 0 Å². The average Bonchev–Trinajstić information content (AvgIpc) is 3.02. The Labute approximate surface area is 108 Å². The maximum atomic E-state index is 12.6. The SMILES string of the molecule is O=C1c2ccccc2-n2nnnc2[C@@H]2C[C@@H](O)CN12. The topological polar surface area (TPSA) is 84.1 Å². The largest absolute Gasteiger partial charge is 0.391 e. The standard InChI is InChI=1S/C12H11N5O2/c18-7-5-10-11-13-14-15-17(11)9-4-2-1-3-8(9)12(19)16(10)6-7/h1-4,7,10,18H,5-6H2/t7-,10+/m1/s1. The molecule has 0 radical (unpaired) electrons. The molecule has 0 saturated carbocycles. The zero-order valence-corrected chi connectivity index (χ0v) is 9.97. The van der Waals surface area contributed by atoms with E-state index in [0.29, 0.717) is 30.0 Å². The van der Waals surface area contributed by atoms with Gasteiger partial charge in [-0.25, -0.2) is 0 Å². The molecular formula is C12H11N5O2. The van der Waals surface area contributed by atoms with Crippen LogP contribution in [0.25, 0.3) is 5.69 Å². The van der Waals surface area contributed by atoms with E-state index in [1.807, 2.05) is 18.2 Å². The van der Waals surface area contributed by atoms with E-state index in [-0.39, 0.29) is 11.9 Å². The number of rotatable bonds is 0. The molecular weight excluding hydrogens is 246 g/mol. The van der Waals surface area contributed by atoms with Gasteiger partial charge >= 0.3 is 0 Å². The van der Waals surface area contributed by atoms with Crippen LogP contribution in [-0.2, 0) is 0 Å². The molecule has 1 aromatic carbocycles. The summed E-state index contributed by atoms with van der Waals surface area (Å²) in [4.78, 5) is 14.2. The Morgan fingerprint density at radius 2 is 2.16 bits per heavy atom. The minimum atomic E-state index is -0.524. The van der Waals surface area contributed by atoms with E-state index in [1.165, 1.54) is 0 Å². The van der Waals surface area contributed by atoms with Gasteiger partial charge in [-0.1, -0.05) is 12.1 Å². The Hall–Kier alpha value is -2.28. The second-order valence-corrected chi connectivity index (χ2v) is 4.83. The van der Waals surface area contributed by atoms with Crippen LogP contribution in [0, 0.1) is 0 Å². The summed E-state index contributed by atoms with van der Waals surface area (Å²) in [7, 11) is 0. The molecule has 0 aliphatic carbocycles. The second-order valence-electron chi connectivity index (χ2n) is 4.83. The summed E-state index contributed by atoms with van der Waals surface area (Å²) in [6.07, 6.45) is -0.0514. The van der Waals surface area contributed by atoms with Crippen LogP contribution in [0.3, 0.4) is 0 Å². The highest BCUT2D eigenvalue weighted by atomic mass is 16.3. The molecule has 96 valence electrons. The third-order valence-corrected chi connectivity index (χ3v) is 3.69. The average molecular weight is 257 g/mol. The van der Waals surface area contributed by atoms with E-state index in [1.54, 1.807) is 15.6 Å². The molecule has 7 heteroatoms. The van der Waals surface area contributed by atoms with Gasteiger partial charge in [0, 0.05) is 13.0 Å². The number of benzene rings is 1. The lowest BCUT2D eigenvalue weighted by molar-refractivity contribution is 0.0716. The van der Waals surface area contributed by atoms with Gasteiger partial charge in [-0.05, 0) is 22.6 Å². The number of tetrazole rings is 1. The number of nitrogens with zero attached hydrogens (tertiary/aromatic N) is 5. The quantitative estimate of drug-likeness (QED) is 0.713. The fraction of sp³-hybridized carbons (Fsp3) is 0.333. The molecule has 19 heavy (non-hydrogen) atoms. The molecule has 1 N–H and O–H groups in total. The van der Waals surface area contributed by atoms with Crippen LogP contribution in [0.5, 0.6) is 0 Å². The number of fused-ring (bicyclic) bond motifs is 5. The van der Waals surface area contributed by atoms with Crippen molar-refractivity contribution in [2.45, 2.75) is 18.6 Å². The fourth-order valence-corrected chi connectivity index (χ4v) is 2.85. The number of aromatic nitrogens is 4. The summed E-state index contributed by atoms with van der Waals surface area (Å²) in [6.45, 7) is 0.324. The zero-order chi connectivity index (χ0) is 13.0. The third kappa shape index (κ3) is 1.36. The number of aliphatic hydroxyl groups excluding tert-OH is 1. The van der Waals surface area contributed by atoms with E-state index >= 15 is 0 Å². The normalized spacial score (nSPS) is 24.7. The van der Waals surface area contributed by atoms with E-state index in [0.717, 1.165) is 0 Å². The predicted octanol–water partition coefficient (Wildman–Crippen LogP) is -0.0762. The molecule has 1 aromatic heterocycles. The predicted molar refractivity (Wildman–Crippen MR) is 63.6 cm³/mol.